The van der Waals surface area contributed by atoms with Gasteiger partial charge in [-0.2, -0.15) is 5.21 Å². The molecule has 0 bridgehead atoms. The van der Waals surface area contributed by atoms with E-state index in [1.54, 1.807) is 10.8 Å². The summed E-state index contributed by atoms with van der Waals surface area (Å²) < 4.78 is 3.63. The van der Waals surface area contributed by atoms with E-state index in [0.717, 1.165) is 79.3 Å². The number of hydrogen-bond acceptors (Lipinski definition) is 6. The first-order chi connectivity index (χ1) is 19.1. The molecule has 4 aromatic rings. The highest BCUT2D eigenvalue weighted by Gasteiger charge is 2.32. The number of carbonyl (C=O) groups excluding carboxylic acids is 1. The van der Waals surface area contributed by atoms with Crippen molar-refractivity contribution in [1.29, 1.82) is 0 Å². The van der Waals surface area contributed by atoms with E-state index in [9.17, 15) is 9.59 Å². The second-order valence-corrected chi connectivity index (χ2v) is 10.5. The molecule has 1 aliphatic carbocycles. The lowest BCUT2D eigenvalue weighted by atomic mass is 9.84. The molecule has 1 aliphatic rings. The summed E-state index contributed by atoms with van der Waals surface area (Å²) in [4.78, 5) is 31.8. The van der Waals surface area contributed by atoms with Crippen molar-refractivity contribution in [2.75, 3.05) is 0 Å². The second-order valence-electron chi connectivity index (χ2n) is 10.5. The first kappa shape index (κ1) is 26.7. The van der Waals surface area contributed by atoms with Crippen LogP contribution in [0, 0.1) is 5.92 Å². The van der Waals surface area contributed by atoms with E-state index in [2.05, 4.69) is 39.5 Å². The Balaban J connectivity index is 1.52. The highest BCUT2D eigenvalue weighted by molar-refractivity contribution is 5.83. The Bertz CT molecular complexity index is 1440. The summed E-state index contributed by atoms with van der Waals surface area (Å²) in [6, 6.07) is 9.58. The van der Waals surface area contributed by atoms with Crippen LogP contribution in [-0.4, -0.2) is 40.5 Å². The summed E-state index contributed by atoms with van der Waals surface area (Å²) in [5, 5.41) is 14.2. The number of nitrogens with zero attached hydrogens (tertiary/aromatic N) is 6. The Morgan fingerprint density at radius 2 is 1.85 bits per heavy atom. The number of ketones is 1. The number of imidazole rings is 1. The second kappa shape index (κ2) is 12.3. The van der Waals surface area contributed by atoms with Crippen molar-refractivity contribution >= 4 is 5.78 Å². The van der Waals surface area contributed by atoms with Gasteiger partial charge >= 0.3 is 5.69 Å². The summed E-state index contributed by atoms with van der Waals surface area (Å²) >= 11 is 0. The number of unbranched alkanes of at least 4 members (excludes halogenated alkanes) is 1. The van der Waals surface area contributed by atoms with Gasteiger partial charge in [0, 0.05) is 36.3 Å². The number of aromatic amines is 1. The molecule has 2 unspecified atom stereocenters. The van der Waals surface area contributed by atoms with E-state index < -0.39 is 0 Å². The van der Waals surface area contributed by atoms with Crippen molar-refractivity contribution in [1.82, 2.24) is 34.7 Å². The highest BCUT2D eigenvalue weighted by Crippen LogP contribution is 2.32. The molecular formula is C30H37N7O2. The van der Waals surface area contributed by atoms with Gasteiger partial charge in [0.15, 0.2) is 5.78 Å². The number of nitrogens with one attached hydrogen (secondary N) is 1. The average Bonchev–Trinajstić information content (AvgIpc) is 3.59. The van der Waals surface area contributed by atoms with Crippen LogP contribution in [0.4, 0.5) is 0 Å². The minimum Gasteiger partial charge on any atom is -0.297 e. The van der Waals surface area contributed by atoms with Gasteiger partial charge in [-0.05, 0) is 59.6 Å². The van der Waals surface area contributed by atoms with Crippen LogP contribution in [0.15, 0.2) is 53.7 Å². The van der Waals surface area contributed by atoms with Gasteiger partial charge in [0.2, 0.25) is 5.82 Å². The van der Waals surface area contributed by atoms with Gasteiger partial charge in [-0.3, -0.25) is 18.9 Å². The normalized spacial score (nSPS) is 18.2. The molecule has 0 aliphatic heterocycles. The Labute approximate surface area is 228 Å². The van der Waals surface area contributed by atoms with Gasteiger partial charge in [-0.25, -0.2) is 4.79 Å². The summed E-state index contributed by atoms with van der Waals surface area (Å²) in [5.74, 6) is 0.933. The molecule has 5 rings (SSSR count). The number of hydrogen-bond donors (Lipinski definition) is 1. The zero-order valence-corrected chi connectivity index (χ0v) is 22.8. The Morgan fingerprint density at radius 3 is 2.59 bits per heavy atom. The van der Waals surface area contributed by atoms with Gasteiger partial charge in [0.25, 0.3) is 0 Å². The molecule has 9 heteroatoms. The minimum atomic E-state index is -0.379. The van der Waals surface area contributed by atoms with Crippen LogP contribution in [0.5, 0.6) is 0 Å². The van der Waals surface area contributed by atoms with Crippen molar-refractivity contribution in [2.24, 2.45) is 5.92 Å². The molecule has 3 heterocycles. The first-order valence-electron chi connectivity index (χ1n) is 14.2. The van der Waals surface area contributed by atoms with Gasteiger partial charge in [-0.1, -0.05) is 63.8 Å². The predicted molar refractivity (Wildman–Crippen MR) is 150 cm³/mol. The van der Waals surface area contributed by atoms with E-state index in [4.69, 9.17) is 0 Å². The summed E-state index contributed by atoms with van der Waals surface area (Å²) in [6.45, 7) is 4.69. The number of aryl methyl sites for hydroxylation is 1. The lowest BCUT2D eigenvalue weighted by Crippen LogP contribution is -2.36. The average molecular weight is 528 g/mol. The standard InChI is InChI=1S/C30H37N7O2/c1-3-5-10-25-20-37(28-21(4-2)9-7-6-8-11-27(28)38)30(39)36(25)19-24-18-31-17-16-26(24)22-12-14-23(15-13-22)29-32-34-35-33-29/h12-18,20-21,28H,3-11,19H2,1-2H3,(H,32,33,34,35). The number of benzene rings is 1. The maximum atomic E-state index is 14.0. The van der Waals surface area contributed by atoms with Crippen LogP contribution in [0.25, 0.3) is 22.5 Å². The van der Waals surface area contributed by atoms with Gasteiger partial charge in [-0.15, -0.1) is 10.2 Å². The van der Waals surface area contributed by atoms with Crippen LogP contribution < -0.4 is 5.69 Å². The molecule has 0 amide bonds. The molecule has 1 saturated carbocycles. The molecule has 2 atom stereocenters. The third kappa shape index (κ3) is 5.77. The van der Waals surface area contributed by atoms with Crippen molar-refractivity contribution in [3.63, 3.8) is 0 Å². The number of pyridine rings is 1. The molecule has 39 heavy (non-hydrogen) atoms. The largest absolute Gasteiger partial charge is 0.329 e. The molecule has 0 saturated heterocycles. The highest BCUT2D eigenvalue weighted by atomic mass is 16.2. The third-order valence-electron chi connectivity index (χ3n) is 8.00. The van der Waals surface area contributed by atoms with E-state index in [0.29, 0.717) is 18.8 Å². The molecule has 3 aromatic heterocycles. The van der Waals surface area contributed by atoms with E-state index >= 15 is 0 Å². The zero-order valence-electron chi connectivity index (χ0n) is 22.8. The third-order valence-corrected chi connectivity index (χ3v) is 8.00. The molecule has 9 nitrogen and oxygen atoms in total. The summed E-state index contributed by atoms with van der Waals surface area (Å²) in [6.07, 6.45) is 13.9. The van der Waals surface area contributed by atoms with Crippen LogP contribution in [-0.2, 0) is 17.8 Å². The number of aromatic nitrogens is 7. The maximum Gasteiger partial charge on any atom is 0.329 e. The molecule has 0 spiro atoms. The van der Waals surface area contributed by atoms with Crippen molar-refractivity contribution < 1.29 is 4.79 Å². The van der Waals surface area contributed by atoms with E-state index in [-0.39, 0.29) is 23.4 Å². The Kier molecular flexibility index (Phi) is 8.44. The van der Waals surface area contributed by atoms with E-state index in [1.165, 1.54) is 0 Å². The quantitative estimate of drug-likeness (QED) is 0.313. The summed E-state index contributed by atoms with van der Waals surface area (Å²) in [5.41, 5.74) is 4.74. The lowest BCUT2D eigenvalue weighted by Gasteiger charge is -2.28. The number of rotatable bonds is 9. The lowest BCUT2D eigenvalue weighted by molar-refractivity contribution is -0.124. The van der Waals surface area contributed by atoms with Crippen molar-refractivity contribution in [3.8, 4) is 22.5 Å². The molecule has 1 aromatic carbocycles. The molecular weight excluding hydrogens is 490 g/mol. The molecule has 1 fully saturated rings. The van der Waals surface area contributed by atoms with E-state index in [1.807, 2.05) is 47.3 Å². The number of carbonyl (C=O) groups is 1. The first-order valence-corrected chi connectivity index (χ1v) is 14.2. The van der Waals surface area contributed by atoms with Crippen LogP contribution in [0.3, 0.4) is 0 Å². The van der Waals surface area contributed by atoms with Crippen molar-refractivity contribution in [3.05, 3.63) is 70.7 Å². The minimum absolute atomic E-state index is 0.0965. The monoisotopic (exact) mass is 527 g/mol. The van der Waals surface area contributed by atoms with Crippen LogP contribution in [0.1, 0.15) is 82.5 Å². The molecule has 204 valence electrons. The summed E-state index contributed by atoms with van der Waals surface area (Å²) in [7, 11) is 0. The number of Topliss-reactive ketones (excluding diaryl/α,β-unsaturated/α-hetero) is 1. The smallest absolute Gasteiger partial charge is 0.297 e. The topological polar surface area (TPSA) is 111 Å². The molecule has 0 radical (unpaired) electrons. The van der Waals surface area contributed by atoms with Crippen LogP contribution >= 0.6 is 0 Å². The number of H-pyrrole nitrogens is 1. The van der Waals surface area contributed by atoms with Crippen molar-refractivity contribution in [2.45, 2.75) is 84.2 Å². The maximum absolute atomic E-state index is 14.0. The Morgan fingerprint density at radius 1 is 1.03 bits per heavy atom. The van der Waals surface area contributed by atoms with Gasteiger partial charge in [0.1, 0.15) is 0 Å². The fraction of sp³-hybridized carbons (Fsp3) is 0.467. The zero-order chi connectivity index (χ0) is 27.2. The van der Waals surface area contributed by atoms with Gasteiger partial charge < -0.3 is 0 Å². The fourth-order valence-corrected chi connectivity index (χ4v) is 5.82. The predicted octanol–water partition coefficient (Wildman–Crippen LogP) is 5.38. The van der Waals surface area contributed by atoms with Gasteiger partial charge in [0.05, 0.1) is 12.6 Å². The SMILES string of the molecule is CCCCc1cn(C2C(=O)CCCCCC2CC)c(=O)n1Cc1cnccc1-c1ccc(-c2nn[nH]n2)cc1. The molecule has 1 N–H and O–H groups in total. The number of tetrazole rings is 1. The van der Waals surface area contributed by atoms with Crippen LogP contribution in [0.2, 0.25) is 0 Å². The fourth-order valence-electron chi connectivity index (χ4n) is 5.82. The Hall–Kier alpha value is -3.88.